The summed E-state index contributed by atoms with van der Waals surface area (Å²) in [4.78, 5) is 22.0. The predicted octanol–water partition coefficient (Wildman–Crippen LogP) is 2.00. The van der Waals surface area contributed by atoms with Gasteiger partial charge in [-0.05, 0) is 24.1 Å². The van der Waals surface area contributed by atoms with Crippen LogP contribution >= 0.6 is 0 Å². The predicted molar refractivity (Wildman–Crippen MR) is 61.9 cm³/mol. The van der Waals surface area contributed by atoms with Crippen molar-refractivity contribution in [2.75, 3.05) is 7.11 Å². The summed E-state index contributed by atoms with van der Waals surface area (Å²) in [7, 11) is 1.33. The number of hydrogen-bond acceptors (Lipinski definition) is 3. The fourth-order valence-corrected chi connectivity index (χ4v) is 1.35. The SMILES string of the molecule is COC(=O)C=Cc1ccccc1CC(C)=O. The van der Waals surface area contributed by atoms with Crippen LogP contribution in [-0.4, -0.2) is 18.9 Å². The molecule has 0 radical (unpaired) electrons. The Morgan fingerprint density at radius 2 is 2.00 bits per heavy atom. The highest BCUT2D eigenvalue weighted by Crippen LogP contribution is 2.11. The van der Waals surface area contributed by atoms with Gasteiger partial charge in [0.1, 0.15) is 5.78 Å². The fourth-order valence-electron chi connectivity index (χ4n) is 1.35. The quantitative estimate of drug-likeness (QED) is 0.573. The van der Waals surface area contributed by atoms with Gasteiger partial charge in [-0.2, -0.15) is 0 Å². The molecule has 16 heavy (non-hydrogen) atoms. The van der Waals surface area contributed by atoms with Gasteiger partial charge in [-0.25, -0.2) is 4.79 Å². The molecule has 1 aromatic rings. The first-order chi connectivity index (χ1) is 7.63. The van der Waals surface area contributed by atoms with Crippen LogP contribution in [0.2, 0.25) is 0 Å². The van der Waals surface area contributed by atoms with Crippen molar-refractivity contribution in [2.24, 2.45) is 0 Å². The number of hydrogen-bond donors (Lipinski definition) is 0. The maximum absolute atomic E-state index is 11.0. The lowest BCUT2D eigenvalue weighted by molar-refractivity contribution is -0.134. The van der Waals surface area contributed by atoms with E-state index in [2.05, 4.69) is 4.74 Å². The Balaban J connectivity index is 2.90. The van der Waals surface area contributed by atoms with Crippen LogP contribution in [0.4, 0.5) is 0 Å². The van der Waals surface area contributed by atoms with E-state index in [0.717, 1.165) is 11.1 Å². The lowest BCUT2D eigenvalue weighted by atomic mass is 10.0. The number of Topliss-reactive ketones (excluding diaryl/α,β-unsaturated/α-hetero) is 1. The molecule has 0 aliphatic carbocycles. The Kier molecular flexibility index (Phi) is 4.45. The first-order valence-corrected chi connectivity index (χ1v) is 4.97. The minimum absolute atomic E-state index is 0.0962. The number of carbonyl (C=O) groups excluding carboxylic acids is 2. The molecule has 0 amide bonds. The average molecular weight is 218 g/mol. The molecule has 0 spiro atoms. The third-order valence-electron chi connectivity index (χ3n) is 2.09. The van der Waals surface area contributed by atoms with Crippen LogP contribution in [0, 0.1) is 0 Å². The third kappa shape index (κ3) is 3.69. The third-order valence-corrected chi connectivity index (χ3v) is 2.09. The van der Waals surface area contributed by atoms with Crippen molar-refractivity contribution >= 4 is 17.8 Å². The zero-order chi connectivity index (χ0) is 12.0. The summed E-state index contributed by atoms with van der Waals surface area (Å²) in [6, 6.07) is 7.46. The normalized spacial score (nSPS) is 10.4. The van der Waals surface area contributed by atoms with Gasteiger partial charge in [0.2, 0.25) is 0 Å². The monoisotopic (exact) mass is 218 g/mol. The van der Waals surface area contributed by atoms with Crippen molar-refractivity contribution in [3.8, 4) is 0 Å². The molecular weight excluding hydrogens is 204 g/mol. The van der Waals surface area contributed by atoms with Crippen molar-refractivity contribution in [1.29, 1.82) is 0 Å². The number of esters is 1. The summed E-state index contributed by atoms with van der Waals surface area (Å²) >= 11 is 0. The van der Waals surface area contributed by atoms with Gasteiger partial charge >= 0.3 is 5.97 Å². The van der Waals surface area contributed by atoms with E-state index in [1.54, 1.807) is 13.0 Å². The largest absolute Gasteiger partial charge is 0.466 e. The molecule has 0 saturated carbocycles. The Labute approximate surface area is 94.7 Å². The highest BCUT2D eigenvalue weighted by molar-refractivity contribution is 5.87. The van der Waals surface area contributed by atoms with E-state index in [0.29, 0.717) is 6.42 Å². The van der Waals surface area contributed by atoms with Gasteiger partial charge in [0.05, 0.1) is 7.11 Å². The molecule has 3 nitrogen and oxygen atoms in total. The lowest BCUT2D eigenvalue weighted by Gasteiger charge is -2.02. The number of carbonyl (C=O) groups is 2. The molecule has 0 aliphatic rings. The first-order valence-electron chi connectivity index (χ1n) is 4.97. The van der Waals surface area contributed by atoms with Crippen molar-refractivity contribution in [1.82, 2.24) is 0 Å². The Morgan fingerprint density at radius 1 is 1.31 bits per heavy atom. The standard InChI is InChI=1S/C13H14O3/c1-10(14)9-12-6-4-3-5-11(12)7-8-13(15)16-2/h3-8H,9H2,1-2H3. The summed E-state index contributed by atoms with van der Waals surface area (Å²) in [5.41, 5.74) is 1.78. The van der Waals surface area contributed by atoms with Crippen LogP contribution < -0.4 is 0 Å². The zero-order valence-corrected chi connectivity index (χ0v) is 9.40. The number of ketones is 1. The van der Waals surface area contributed by atoms with Gasteiger partial charge in [0, 0.05) is 12.5 Å². The Morgan fingerprint density at radius 3 is 2.62 bits per heavy atom. The second kappa shape index (κ2) is 5.85. The molecule has 3 heteroatoms. The Hall–Kier alpha value is -1.90. The molecule has 0 N–H and O–H groups in total. The fraction of sp³-hybridized carbons (Fsp3) is 0.231. The Bertz CT molecular complexity index is 419. The van der Waals surface area contributed by atoms with E-state index in [4.69, 9.17) is 0 Å². The average Bonchev–Trinajstić information content (AvgIpc) is 2.26. The van der Waals surface area contributed by atoms with Crippen molar-refractivity contribution in [3.05, 3.63) is 41.5 Å². The maximum atomic E-state index is 11.0. The molecule has 0 heterocycles. The van der Waals surface area contributed by atoms with E-state index in [-0.39, 0.29) is 5.78 Å². The lowest BCUT2D eigenvalue weighted by Crippen LogP contribution is -1.99. The van der Waals surface area contributed by atoms with Crippen molar-refractivity contribution in [3.63, 3.8) is 0 Å². The summed E-state index contributed by atoms with van der Waals surface area (Å²) in [5, 5.41) is 0. The van der Waals surface area contributed by atoms with Crippen LogP contribution in [0.1, 0.15) is 18.1 Å². The topological polar surface area (TPSA) is 43.4 Å². The van der Waals surface area contributed by atoms with Crippen molar-refractivity contribution in [2.45, 2.75) is 13.3 Å². The van der Waals surface area contributed by atoms with Gasteiger partial charge in [0.15, 0.2) is 0 Å². The van der Waals surface area contributed by atoms with E-state index >= 15 is 0 Å². The van der Waals surface area contributed by atoms with Gasteiger partial charge in [0.25, 0.3) is 0 Å². The van der Waals surface area contributed by atoms with E-state index in [9.17, 15) is 9.59 Å². The van der Waals surface area contributed by atoms with Gasteiger partial charge in [-0.15, -0.1) is 0 Å². The second-order valence-electron chi connectivity index (χ2n) is 3.43. The zero-order valence-electron chi connectivity index (χ0n) is 9.40. The number of rotatable bonds is 4. The van der Waals surface area contributed by atoms with Crippen LogP contribution in [0.25, 0.3) is 6.08 Å². The molecule has 0 atom stereocenters. The molecule has 0 bridgehead atoms. The van der Waals surface area contributed by atoms with Crippen LogP contribution in [0.5, 0.6) is 0 Å². The summed E-state index contributed by atoms with van der Waals surface area (Å²) in [5.74, 6) is -0.309. The van der Waals surface area contributed by atoms with Crippen LogP contribution in [0.3, 0.4) is 0 Å². The molecule has 1 aromatic carbocycles. The minimum Gasteiger partial charge on any atom is -0.466 e. The number of ether oxygens (including phenoxy) is 1. The van der Waals surface area contributed by atoms with Crippen molar-refractivity contribution < 1.29 is 14.3 Å². The molecule has 0 aliphatic heterocycles. The van der Waals surface area contributed by atoms with Gasteiger partial charge in [-0.1, -0.05) is 24.3 Å². The minimum atomic E-state index is -0.405. The van der Waals surface area contributed by atoms with Gasteiger partial charge < -0.3 is 4.74 Å². The van der Waals surface area contributed by atoms with E-state index in [1.165, 1.54) is 13.2 Å². The second-order valence-corrected chi connectivity index (χ2v) is 3.43. The molecule has 0 unspecified atom stereocenters. The molecule has 1 rings (SSSR count). The highest BCUT2D eigenvalue weighted by atomic mass is 16.5. The smallest absolute Gasteiger partial charge is 0.330 e. The van der Waals surface area contributed by atoms with E-state index < -0.39 is 5.97 Å². The molecular formula is C13H14O3. The maximum Gasteiger partial charge on any atom is 0.330 e. The van der Waals surface area contributed by atoms with Crippen LogP contribution in [0.15, 0.2) is 30.3 Å². The highest BCUT2D eigenvalue weighted by Gasteiger charge is 2.02. The van der Waals surface area contributed by atoms with Gasteiger partial charge in [-0.3, -0.25) is 4.79 Å². The first kappa shape index (κ1) is 12.2. The van der Waals surface area contributed by atoms with E-state index in [1.807, 2.05) is 24.3 Å². The summed E-state index contributed by atoms with van der Waals surface area (Å²) in [6.07, 6.45) is 3.38. The summed E-state index contributed by atoms with van der Waals surface area (Å²) < 4.78 is 4.50. The number of benzene rings is 1. The molecule has 0 aromatic heterocycles. The molecule has 0 saturated heterocycles. The molecule has 84 valence electrons. The summed E-state index contributed by atoms with van der Waals surface area (Å²) in [6.45, 7) is 1.54. The van der Waals surface area contributed by atoms with Crippen LogP contribution in [-0.2, 0) is 20.7 Å². The number of methoxy groups -OCH3 is 1. The molecule has 0 fully saturated rings.